The van der Waals surface area contributed by atoms with Crippen LogP contribution in [0, 0.1) is 0 Å². The number of hydrogen-bond acceptors (Lipinski definition) is 2. The second-order valence-electron chi connectivity index (χ2n) is 6.22. The Morgan fingerprint density at radius 2 is 2.09 bits per heavy atom. The highest BCUT2D eigenvalue weighted by molar-refractivity contribution is 6.30. The average molecular weight is 337 g/mol. The molecule has 1 saturated heterocycles. The zero-order chi connectivity index (χ0) is 16.5. The number of likely N-dealkylation sites (tertiary alicyclic amines) is 1. The molecule has 0 unspecified atom stereocenters. The average Bonchev–Trinajstić information content (AvgIpc) is 3.04. The zero-order valence-electron chi connectivity index (χ0n) is 14.4. The van der Waals surface area contributed by atoms with Crippen LogP contribution < -0.4 is 5.32 Å². The Morgan fingerprint density at radius 3 is 2.78 bits per heavy atom. The molecular weight excluding hydrogens is 308 g/mol. The predicted octanol–water partition coefficient (Wildman–Crippen LogP) is 3.22. The first-order valence-corrected chi connectivity index (χ1v) is 8.95. The van der Waals surface area contributed by atoms with E-state index in [0.29, 0.717) is 0 Å². The fourth-order valence-electron chi connectivity index (χ4n) is 3.04. The van der Waals surface area contributed by atoms with Crippen LogP contribution >= 0.6 is 11.6 Å². The summed E-state index contributed by atoms with van der Waals surface area (Å²) in [5.74, 6) is 0.936. The quantitative estimate of drug-likeness (QED) is 0.471. The minimum absolute atomic E-state index is 0.778. The van der Waals surface area contributed by atoms with E-state index >= 15 is 0 Å². The molecule has 0 atom stereocenters. The molecule has 0 saturated carbocycles. The van der Waals surface area contributed by atoms with Crippen LogP contribution in [-0.2, 0) is 6.54 Å². The Balaban J connectivity index is 1.67. The minimum atomic E-state index is 0.778. The molecule has 0 radical (unpaired) electrons. The predicted molar refractivity (Wildman–Crippen MR) is 99.2 cm³/mol. The summed E-state index contributed by atoms with van der Waals surface area (Å²) in [7, 11) is 3.89. The van der Waals surface area contributed by atoms with Crippen LogP contribution in [0.15, 0.2) is 29.3 Å². The lowest BCUT2D eigenvalue weighted by molar-refractivity contribution is 0.330. The lowest BCUT2D eigenvalue weighted by Gasteiger charge is -2.22. The normalized spacial score (nSPS) is 15.9. The van der Waals surface area contributed by atoms with Crippen LogP contribution in [-0.4, -0.2) is 56.0 Å². The van der Waals surface area contributed by atoms with Gasteiger partial charge in [0.25, 0.3) is 0 Å². The fraction of sp³-hybridized carbons (Fsp3) is 0.611. The van der Waals surface area contributed by atoms with Crippen LogP contribution in [0.5, 0.6) is 0 Å². The van der Waals surface area contributed by atoms with E-state index in [4.69, 9.17) is 11.6 Å². The summed E-state index contributed by atoms with van der Waals surface area (Å²) < 4.78 is 0. The van der Waals surface area contributed by atoms with Crippen molar-refractivity contribution in [3.05, 3.63) is 34.9 Å². The van der Waals surface area contributed by atoms with Crippen LogP contribution in [0.1, 0.15) is 31.2 Å². The number of halogens is 1. The van der Waals surface area contributed by atoms with Crippen molar-refractivity contribution in [2.75, 3.05) is 40.3 Å². The van der Waals surface area contributed by atoms with Gasteiger partial charge in [0.15, 0.2) is 5.96 Å². The molecule has 4 nitrogen and oxygen atoms in total. The second kappa shape index (κ2) is 9.78. The van der Waals surface area contributed by atoms with Gasteiger partial charge in [0.1, 0.15) is 0 Å². The second-order valence-corrected chi connectivity index (χ2v) is 6.65. The molecule has 0 spiro atoms. The third-order valence-electron chi connectivity index (χ3n) is 4.27. The number of guanidine groups is 1. The monoisotopic (exact) mass is 336 g/mol. The number of nitrogens with one attached hydrogen (secondary N) is 1. The third kappa shape index (κ3) is 6.40. The van der Waals surface area contributed by atoms with E-state index in [2.05, 4.69) is 33.2 Å². The highest BCUT2D eigenvalue weighted by atomic mass is 35.5. The van der Waals surface area contributed by atoms with Crippen LogP contribution in [0.2, 0.25) is 5.02 Å². The molecule has 0 aromatic heterocycles. The molecule has 0 amide bonds. The number of rotatable bonds is 7. The van der Waals surface area contributed by atoms with Gasteiger partial charge < -0.3 is 15.1 Å². The maximum absolute atomic E-state index is 6.05. The van der Waals surface area contributed by atoms with Crippen LogP contribution in [0.4, 0.5) is 0 Å². The Bertz CT molecular complexity index is 498. The van der Waals surface area contributed by atoms with Gasteiger partial charge in [-0.15, -0.1) is 0 Å². The maximum atomic E-state index is 6.05. The highest BCUT2D eigenvalue weighted by Crippen LogP contribution is 2.12. The Labute approximate surface area is 145 Å². The van der Waals surface area contributed by atoms with Crippen molar-refractivity contribution in [1.82, 2.24) is 15.1 Å². The van der Waals surface area contributed by atoms with E-state index < -0.39 is 0 Å². The van der Waals surface area contributed by atoms with Crippen molar-refractivity contribution in [1.29, 1.82) is 0 Å². The SMILES string of the molecule is CN=C(NCCCCN1CCCC1)N(C)Cc1cccc(Cl)c1. The molecule has 1 aromatic rings. The van der Waals surface area contributed by atoms with Crippen LogP contribution in [0.25, 0.3) is 0 Å². The number of aliphatic imine (C=N–C) groups is 1. The van der Waals surface area contributed by atoms with E-state index in [1.807, 2.05) is 25.2 Å². The van der Waals surface area contributed by atoms with E-state index in [9.17, 15) is 0 Å². The number of unbranched alkanes of at least 4 members (excludes halogenated alkanes) is 1. The van der Waals surface area contributed by atoms with E-state index in [-0.39, 0.29) is 0 Å². The molecular formula is C18H29ClN4. The molecule has 128 valence electrons. The van der Waals surface area contributed by atoms with E-state index in [1.165, 1.54) is 50.9 Å². The lowest BCUT2D eigenvalue weighted by Crippen LogP contribution is -2.39. The topological polar surface area (TPSA) is 30.9 Å². The first-order chi connectivity index (χ1) is 11.2. The van der Waals surface area contributed by atoms with Gasteiger partial charge >= 0.3 is 0 Å². The zero-order valence-corrected chi connectivity index (χ0v) is 15.1. The third-order valence-corrected chi connectivity index (χ3v) is 4.50. The van der Waals surface area contributed by atoms with Gasteiger partial charge in [0, 0.05) is 32.2 Å². The molecule has 23 heavy (non-hydrogen) atoms. The minimum Gasteiger partial charge on any atom is -0.356 e. The molecule has 1 aromatic carbocycles. The summed E-state index contributed by atoms with van der Waals surface area (Å²) in [6, 6.07) is 7.98. The van der Waals surface area contributed by atoms with Gasteiger partial charge in [-0.1, -0.05) is 23.7 Å². The molecule has 0 aliphatic carbocycles. The molecule has 0 bridgehead atoms. The smallest absolute Gasteiger partial charge is 0.193 e. The van der Waals surface area contributed by atoms with Gasteiger partial charge in [-0.3, -0.25) is 4.99 Å². The van der Waals surface area contributed by atoms with E-state index in [1.54, 1.807) is 0 Å². The summed E-state index contributed by atoms with van der Waals surface area (Å²) in [6.45, 7) is 5.59. The largest absolute Gasteiger partial charge is 0.356 e. The van der Waals surface area contributed by atoms with Gasteiger partial charge in [0.2, 0.25) is 0 Å². The Kier molecular flexibility index (Phi) is 7.69. The van der Waals surface area contributed by atoms with Gasteiger partial charge in [0.05, 0.1) is 0 Å². The van der Waals surface area contributed by atoms with Gasteiger partial charge in [-0.25, -0.2) is 0 Å². The fourth-order valence-corrected chi connectivity index (χ4v) is 3.25. The van der Waals surface area contributed by atoms with E-state index in [0.717, 1.165) is 24.1 Å². The Morgan fingerprint density at radius 1 is 1.30 bits per heavy atom. The molecule has 1 fully saturated rings. The molecule has 5 heteroatoms. The highest BCUT2D eigenvalue weighted by Gasteiger charge is 2.10. The summed E-state index contributed by atoms with van der Waals surface area (Å²) in [5, 5.41) is 4.23. The Hall–Kier alpha value is -1.26. The van der Waals surface area contributed by atoms with Gasteiger partial charge in [-0.05, 0) is 63.0 Å². The van der Waals surface area contributed by atoms with Crippen molar-refractivity contribution >= 4 is 17.6 Å². The number of nitrogens with zero attached hydrogens (tertiary/aromatic N) is 3. The molecule has 1 aliphatic rings. The van der Waals surface area contributed by atoms with Crippen molar-refractivity contribution < 1.29 is 0 Å². The summed E-state index contributed by atoms with van der Waals surface area (Å²) >= 11 is 6.05. The number of benzene rings is 1. The van der Waals surface area contributed by atoms with Crippen molar-refractivity contribution in [3.8, 4) is 0 Å². The lowest BCUT2D eigenvalue weighted by atomic mass is 10.2. The molecule has 1 heterocycles. The molecule has 2 rings (SSSR count). The first kappa shape index (κ1) is 18.1. The van der Waals surface area contributed by atoms with Crippen LogP contribution in [0.3, 0.4) is 0 Å². The standard InChI is InChI=1S/C18H29ClN4/c1-20-18(21-10-3-4-11-23-12-5-6-13-23)22(2)15-16-8-7-9-17(19)14-16/h7-9,14H,3-6,10-13,15H2,1-2H3,(H,20,21). The first-order valence-electron chi connectivity index (χ1n) is 8.57. The number of hydrogen-bond donors (Lipinski definition) is 1. The molecule has 1 N–H and O–H groups in total. The van der Waals surface area contributed by atoms with Gasteiger partial charge in [-0.2, -0.15) is 0 Å². The summed E-state index contributed by atoms with van der Waals surface area (Å²) in [4.78, 5) is 9.07. The summed E-state index contributed by atoms with van der Waals surface area (Å²) in [6.07, 6.45) is 5.18. The molecule has 1 aliphatic heterocycles. The van der Waals surface area contributed by atoms with Crippen molar-refractivity contribution in [3.63, 3.8) is 0 Å². The summed E-state index contributed by atoms with van der Waals surface area (Å²) in [5.41, 5.74) is 1.19. The maximum Gasteiger partial charge on any atom is 0.193 e. The van der Waals surface area contributed by atoms with Crippen molar-refractivity contribution in [2.24, 2.45) is 4.99 Å². The van der Waals surface area contributed by atoms with Crippen molar-refractivity contribution in [2.45, 2.75) is 32.2 Å².